The van der Waals surface area contributed by atoms with Gasteiger partial charge in [-0.2, -0.15) is 0 Å². The molecule has 34 heteroatoms. The van der Waals surface area contributed by atoms with E-state index >= 15 is 0 Å². The second-order valence-corrected chi connectivity index (χ2v) is 30.7. The standard InChI is InChI=1S/C53H70B34/c1-2(3-8-4-6-14(32(63)26(8)57)43(74)48(79)45(76)16(6)36(67)34(65)12(4)30(61)25(3)56)23(54)47(78)21-11-22(51(50(21)81,52(82,83)84)53(85,86)87)24(55)19(40(71)29(11)60)20-41(72)38(69)18(39(70)42(20)73)10-9-5-7-15(33(64)27(9)58)44(75)49(80)46(77)17(7)37(68)35(66)13(5)31(62)28(10)59/h81H,54-80,82-87H2,1H3/b23-2-,47-21+. The Bertz CT molecular complexity index is 4950. The topological polar surface area (TPSA) is 0 Å². The third-order valence-corrected chi connectivity index (χ3v) is 25.6. The Balaban J connectivity index is 1.23. The van der Waals surface area contributed by atoms with E-state index in [0.717, 1.165) is 0 Å². The average Bonchev–Trinajstić information content (AvgIpc) is 1.68. The maximum absolute atomic E-state index is 5.43. The van der Waals surface area contributed by atoms with Crippen LogP contribution in [-0.4, -0.2) is 272 Å². The van der Waals surface area contributed by atoms with Crippen molar-refractivity contribution in [3.8, 4) is 22.3 Å². The van der Waals surface area contributed by atoms with Crippen molar-refractivity contribution in [3.63, 3.8) is 0 Å². The van der Waals surface area contributed by atoms with Crippen LogP contribution in [0.15, 0.2) is 10.9 Å². The predicted octanol–water partition coefficient (Wildman–Crippen LogP) is -38.0. The number of fused-ring (bicyclic) bond motifs is 1. The summed E-state index contributed by atoms with van der Waals surface area (Å²) >= 11 is 0. The van der Waals surface area contributed by atoms with Crippen molar-refractivity contribution >= 4 is 484 Å². The Morgan fingerprint density at radius 1 is 0.276 bits per heavy atom. The molecule has 0 amide bonds. The van der Waals surface area contributed by atoms with Gasteiger partial charge in [0.05, 0.1) is 0 Å². The van der Waals surface area contributed by atoms with E-state index in [1.807, 2.05) is 0 Å². The van der Waals surface area contributed by atoms with Gasteiger partial charge in [0.1, 0.15) is 70.6 Å². The van der Waals surface area contributed by atoms with Gasteiger partial charge in [0.25, 0.3) is 0 Å². The molecule has 0 atom stereocenters. The molecule has 1 aliphatic rings. The van der Waals surface area contributed by atoms with E-state index in [2.05, 4.69) is 266 Å². The first-order valence-electron chi connectivity index (χ1n) is 32.9. The molecule has 0 saturated heterocycles. The monoisotopic (exact) mass is 1080 g/mol. The molecule has 0 saturated carbocycles. The first-order valence-corrected chi connectivity index (χ1v) is 32.9. The third-order valence-electron chi connectivity index (χ3n) is 25.6. The van der Waals surface area contributed by atoms with Gasteiger partial charge in [-0.3, -0.25) is 0 Å². The fraction of sp³-hybridized carbons (Fsp3) is 0.0755. The summed E-state index contributed by atoms with van der Waals surface area (Å²) in [5.41, 5.74) is 51.4. The molecule has 384 valence electrons. The van der Waals surface area contributed by atoms with E-state index < -0.39 is 5.41 Å². The molecule has 87 heavy (non-hydrogen) atoms. The number of rotatable bonds is 6. The van der Waals surface area contributed by atoms with Crippen LogP contribution in [0.5, 0.6) is 0 Å². The Morgan fingerprint density at radius 2 is 0.517 bits per heavy atom. The first-order chi connectivity index (χ1) is 40.2. The second kappa shape index (κ2) is 20.7. The van der Waals surface area contributed by atoms with Crippen molar-refractivity contribution in [1.82, 2.24) is 0 Å². The number of benzene rings is 10. The minimum absolute atomic E-state index is 0.193. The number of hydrogen-bond acceptors (Lipinski definition) is 0. The van der Waals surface area contributed by atoms with Crippen molar-refractivity contribution < 1.29 is 0 Å². The third kappa shape index (κ3) is 7.85. The molecule has 0 unspecified atom stereocenters. The van der Waals surface area contributed by atoms with Gasteiger partial charge in [0, 0.05) is 0 Å². The number of hydrogen-bond donors (Lipinski definition) is 0. The van der Waals surface area contributed by atoms with Crippen LogP contribution in [-0.2, 0) is 5.41 Å². The van der Waals surface area contributed by atoms with E-state index in [1.54, 1.807) is 0 Å². The van der Waals surface area contributed by atoms with Crippen molar-refractivity contribution in [3.05, 3.63) is 27.6 Å². The van der Waals surface area contributed by atoms with Crippen LogP contribution < -0.4 is 137 Å². The number of allylic oxidation sites excluding steroid dienone is 4. The van der Waals surface area contributed by atoms with Gasteiger partial charge < -0.3 is 0 Å². The van der Waals surface area contributed by atoms with E-state index in [-0.39, 0.29) is 10.2 Å². The molecule has 0 nitrogen and oxygen atoms in total. The van der Waals surface area contributed by atoms with Gasteiger partial charge >= 0.3 is 432 Å². The molecular formula is C53H70B34. The maximum atomic E-state index is 5.43. The van der Waals surface area contributed by atoms with Gasteiger partial charge in [-0.25, -0.2) is 0 Å². The molecule has 11 rings (SSSR count). The summed E-state index contributed by atoms with van der Waals surface area (Å²) in [6, 6.07) is 0. The zero-order valence-electron chi connectivity index (χ0n) is 60.7. The van der Waals surface area contributed by atoms with Gasteiger partial charge in [0.2, 0.25) is 0 Å². The fourth-order valence-corrected chi connectivity index (χ4v) is 19.9. The van der Waals surface area contributed by atoms with Crippen LogP contribution >= 0.6 is 0 Å². The first kappa shape index (κ1) is 64.4. The van der Waals surface area contributed by atoms with E-state index in [4.69, 9.17) is 7.49 Å². The van der Waals surface area contributed by atoms with Gasteiger partial charge in [-0.05, 0) is 21.5 Å². The molecule has 0 fully saturated rings. The van der Waals surface area contributed by atoms with Crippen molar-refractivity contribution in [2.75, 3.05) is 0 Å². The molecule has 0 aliphatic heterocycles. The fourth-order valence-electron chi connectivity index (χ4n) is 19.9. The Morgan fingerprint density at radius 3 is 0.874 bits per heavy atom. The summed E-state index contributed by atoms with van der Waals surface area (Å²) in [7, 11) is 85.5. The molecular weight excluding hydrogens is 1000 g/mol. The minimum atomic E-state index is -0.406. The van der Waals surface area contributed by atoms with Crippen LogP contribution in [0, 0.1) is 0 Å². The van der Waals surface area contributed by atoms with Crippen LogP contribution in [0.25, 0.3) is 98.0 Å². The molecule has 10 aromatic rings. The van der Waals surface area contributed by atoms with Crippen LogP contribution in [0.3, 0.4) is 0 Å². The van der Waals surface area contributed by atoms with Gasteiger partial charge in [-0.1, -0.05) is 27.3 Å². The Kier molecular flexibility index (Phi) is 15.3. The van der Waals surface area contributed by atoms with Gasteiger partial charge in [0.15, 0.2) is 0 Å². The predicted molar refractivity (Wildman–Crippen MR) is 503 cm³/mol. The van der Waals surface area contributed by atoms with Crippen LogP contribution in [0.1, 0.15) is 23.6 Å². The molecule has 1 aliphatic carbocycles. The quantitative estimate of drug-likeness (QED) is 0.115. The average molecular weight is 1070 g/mol. The Labute approximate surface area is 552 Å². The van der Waals surface area contributed by atoms with Crippen molar-refractivity contribution in [2.45, 2.75) is 22.6 Å². The zero-order valence-corrected chi connectivity index (χ0v) is 60.7. The van der Waals surface area contributed by atoms with E-state index in [9.17, 15) is 0 Å². The zero-order chi connectivity index (χ0) is 64.8. The molecule has 0 N–H and O–H groups in total. The van der Waals surface area contributed by atoms with Crippen LogP contribution in [0.2, 0.25) is 10.2 Å². The molecule has 0 bridgehead atoms. The van der Waals surface area contributed by atoms with Crippen molar-refractivity contribution in [1.29, 1.82) is 0 Å². The van der Waals surface area contributed by atoms with Crippen molar-refractivity contribution in [2.24, 2.45) is 0 Å². The normalized spacial score (nSPS) is 14.6. The molecule has 0 aromatic heterocycles. The summed E-state index contributed by atoms with van der Waals surface area (Å²) in [5, 5.41) is 17.1. The summed E-state index contributed by atoms with van der Waals surface area (Å²) < 4.78 is 0. The Hall–Kier alpha value is -4.16. The summed E-state index contributed by atoms with van der Waals surface area (Å²) in [4.78, 5) is 0. The molecule has 0 spiro atoms. The summed E-state index contributed by atoms with van der Waals surface area (Å²) in [5.74, 6) is 0. The SMILES string of the molecule is B=C1/C(=C(B)\C(B)=C(/C)c2c(B)c(B)c3c(B)c(B)c4c(B)c(B)c(B)c5c(B)c(B)c2c3c45)c2c(B)c(B)c(-c3c(B)c(B)c(-c4c(B)c(B)c5c(B)c(B)c6c(B)c(B)c(B)c7c(B)c(B)c4c5c67)c(B)c3B)c(B)c2C1(C(B)(B)B)C(B)(B)B. The second-order valence-electron chi connectivity index (χ2n) is 30.7. The molecule has 10 aromatic carbocycles. The summed E-state index contributed by atoms with van der Waals surface area (Å²) in [6.45, 7) is 2.44. The molecule has 0 radical (unpaired) electrons. The van der Waals surface area contributed by atoms with Crippen LogP contribution in [0.4, 0.5) is 0 Å². The van der Waals surface area contributed by atoms with E-state index in [1.165, 1.54) is 268 Å². The molecule has 0 heterocycles. The van der Waals surface area contributed by atoms with E-state index in [0.29, 0.717) is 0 Å². The van der Waals surface area contributed by atoms with Gasteiger partial charge in [-0.15, -0.1) is 5.46 Å². The summed E-state index contributed by atoms with van der Waals surface area (Å²) in [6.07, 6.45) is 0.